The highest BCUT2D eigenvalue weighted by atomic mass is 32.1. The Bertz CT molecular complexity index is 694. The minimum atomic E-state index is -1.57. The number of aliphatic carboxylic acids is 1. The highest BCUT2D eigenvalue weighted by Crippen LogP contribution is 2.05. The monoisotopic (exact) mass is 495 g/mol. The summed E-state index contributed by atoms with van der Waals surface area (Å²) in [6.45, 7) is 1.05. The number of hydrogen-bond acceptors (Lipinski definition) is 10. The lowest BCUT2D eigenvalue weighted by Crippen LogP contribution is -2.60. The summed E-state index contributed by atoms with van der Waals surface area (Å²) in [5.41, 5.74) is 5.35. The molecule has 0 aliphatic heterocycles. The van der Waals surface area contributed by atoms with E-state index in [1.54, 1.807) is 13.8 Å². The number of thiol groups is 1. The first-order valence-corrected chi connectivity index (χ1v) is 10.7. The fourth-order valence-corrected chi connectivity index (χ4v) is 2.71. The fraction of sp³-hybridized carbons (Fsp3) is 0.722. The summed E-state index contributed by atoms with van der Waals surface area (Å²) >= 11 is 3.92. The predicted molar refractivity (Wildman–Crippen MR) is 118 cm³/mol. The average molecular weight is 496 g/mol. The number of amides is 4. The number of rotatable bonds is 15. The van der Waals surface area contributed by atoms with Gasteiger partial charge in [0.2, 0.25) is 23.6 Å². The molecule has 0 rings (SSSR count). The van der Waals surface area contributed by atoms with Crippen LogP contribution in [-0.4, -0.2) is 106 Å². The fourth-order valence-electron chi connectivity index (χ4n) is 2.45. The van der Waals surface area contributed by atoms with Crippen LogP contribution in [0, 0.1) is 5.92 Å². The first-order valence-electron chi connectivity index (χ1n) is 10.0. The number of carbonyl (C=O) groups is 5. The number of carbonyl (C=O) groups excluding carboxylic acids is 4. The van der Waals surface area contributed by atoms with Gasteiger partial charge in [-0.05, 0) is 12.3 Å². The van der Waals surface area contributed by atoms with Crippen molar-refractivity contribution in [2.75, 3.05) is 25.6 Å². The van der Waals surface area contributed by atoms with Gasteiger partial charge >= 0.3 is 5.97 Å². The first kappa shape index (κ1) is 30.5. The Morgan fingerprint density at radius 3 is 1.45 bits per heavy atom. The number of nitrogens with two attached hydrogens (primary N) is 1. The van der Waals surface area contributed by atoms with E-state index in [1.807, 2.05) is 0 Å². The maximum absolute atomic E-state index is 12.4. The van der Waals surface area contributed by atoms with Gasteiger partial charge in [-0.25, -0.2) is 4.79 Å². The van der Waals surface area contributed by atoms with Gasteiger partial charge in [0.15, 0.2) is 0 Å². The van der Waals surface area contributed by atoms with Crippen molar-refractivity contribution in [1.82, 2.24) is 21.3 Å². The van der Waals surface area contributed by atoms with E-state index in [-0.39, 0.29) is 18.1 Å². The normalized spacial score (nSPS) is 15.5. The Morgan fingerprint density at radius 1 is 0.727 bits per heavy atom. The van der Waals surface area contributed by atoms with Crippen LogP contribution in [0.5, 0.6) is 0 Å². The number of carboxylic acid groups (broad SMARTS) is 1. The Hall–Kier alpha value is -2.46. The van der Waals surface area contributed by atoms with E-state index in [0.29, 0.717) is 0 Å². The van der Waals surface area contributed by atoms with Crippen LogP contribution in [0.2, 0.25) is 0 Å². The van der Waals surface area contributed by atoms with Crippen molar-refractivity contribution in [3.63, 3.8) is 0 Å². The lowest BCUT2D eigenvalue weighted by atomic mass is 10.0. The maximum Gasteiger partial charge on any atom is 0.326 e. The molecule has 190 valence electrons. The van der Waals surface area contributed by atoms with Crippen LogP contribution in [0.4, 0.5) is 0 Å². The van der Waals surface area contributed by atoms with E-state index < -0.39 is 79.6 Å². The van der Waals surface area contributed by atoms with Crippen LogP contribution in [0.3, 0.4) is 0 Å². The first-order chi connectivity index (χ1) is 15.4. The van der Waals surface area contributed by atoms with Crippen molar-refractivity contribution in [2.24, 2.45) is 11.7 Å². The van der Waals surface area contributed by atoms with Crippen molar-refractivity contribution >= 4 is 42.2 Å². The largest absolute Gasteiger partial charge is 0.480 e. The second-order valence-corrected chi connectivity index (χ2v) is 7.91. The SMILES string of the molecule is CC(C)C[C@H](NC(=O)[C@H](CO)NC(=O)[C@H](CO)NC(=O)[C@H](CS)NC(=O)[C@@H](N)CO)C(=O)O. The molecule has 0 radical (unpaired) electrons. The Labute approximate surface area is 196 Å². The molecule has 0 aromatic rings. The number of hydrogen-bond donors (Lipinski definition) is 10. The highest BCUT2D eigenvalue weighted by molar-refractivity contribution is 7.80. The molecule has 33 heavy (non-hydrogen) atoms. The Kier molecular flexibility index (Phi) is 14.2. The van der Waals surface area contributed by atoms with E-state index >= 15 is 0 Å². The Morgan fingerprint density at radius 2 is 1.12 bits per heavy atom. The molecule has 5 atom stereocenters. The molecule has 0 bridgehead atoms. The minimum absolute atomic E-state index is 0.0604. The van der Waals surface area contributed by atoms with Crippen LogP contribution in [-0.2, 0) is 24.0 Å². The lowest BCUT2D eigenvalue weighted by molar-refractivity contribution is -0.143. The van der Waals surface area contributed by atoms with E-state index in [1.165, 1.54) is 0 Å². The summed E-state index contributed by atoms with van der Waals surface area (Å²) in [5.74, 6) is -5.33. The molecular weight excluding hydrogens is 462 g/mol. The standard InChI is InChI=1S/C18H33N5O9S/c1-8(2)3-10(18(31)32)20-15(28)11(5-25)21-16(29)12(6-26)22-17(30)13(7-33)23-14(27)9(19)4-24/h8-13,24-26,33H,3-7,19H2,1-2H3,(H,20,28)(H,21,29)(H,22,30)(H,23,27)(H,31,32)/t9-,10-,11-,12-,13-/m0/s1. The van der Waals surface area contributed by atoms with Crippen molar-refractivity contribution in [2.45, 2.75) is 50.5 Å². The van der Waals surface area contributed by atoms with Gasteiger partial charge in [-0.15, -0.1) is 0 Å². The van der Waals surface area contributed by atoms with Crippen LogP contribution < -0.4 is 27.0 Å². The molecule has 15 heteroatoms. The molecule has 0 aromatic heterocycles. The third-order valence-electron chi connectivity index (χ3n) is 4.30. The quantitative estimate of drug-likeness (QED) is 0.0973. The van der Waals surface area contributed by atoms with E-state index in [4.69, 9.17) is 10.8 Å². The smallest absolute Gasteiger partial charge is 0.326 e. The molecule has 0 heterocycles. The second-order valence-electron chi connectivity index (χ2n) is 7.55. The molecule has 0 unspecified atom stereocenters. The van der Waals surface area contributed by atoms with Crippen molar-refractivity contribution in [3.05, 3.63) is 0 Å². The number of nitrogens with one attached hydrogen (secondary N) is 4. The zero-order chi connectivity index (χ0) is 25.7. The van der Waals surface area contributed by atoms with Gasteiger partial charge in [0.25, 0.3) is 0 Å². The highest BCUT2D eigenvalue weighted by Gasteiger charge is 2.31. The van der Waals surface area contributed by atoms with Gasteiger partial charge in [0, 0.05) is 5.75 Å². The molecule has 14 nitrogen and oxygen atoms in total. The van der Waals surface area contributed by atoms with Gasteiger partial charge in [0.05, 0.1) is 19.8 Å². The lowest BCUT2D eigenvalue weighted by Gasteiger charge is -2.24. The molecule has 4 amide bonds. The molecule has 0 saturated carbocycles. The molecule has 0 saturated heterocycles. The zero-order valence-corrected chi connectivity index (χ0v) is 19.2. The van der Waals surface area contributed by atoms with E-state index in [0.717, 1.165) is 0 Å². The summed E-state index contributed by atoms with van der Waals surface area (Å²) in [6.07, 6.45) is 0.110. The van der Waals surface area contributed by atoms with E-state index in [2.05, 4.69) is 33.9 Å². The topological polar surface area (TPSA) is 240 Å². The molecule has 0 fully saturated rings. The third kappa shape index (κ3) is 10.8. The maximum atomic E-state index is 12.4. The predicted octanol–water partition coefficient (Wildman–Crippen LogP) is -4.71. The average Bonchev–Trinajstić information content (AvgIpc) is 2.76. The third-order valence-corrected chi connectivity index (χ3v) is 4.67. The molecule has 0 spiro atoms. The van der Waals surface area contributed by atoms with Crippen LogP contribution in [0.1, 0.15) is 20.3 Å². The summed E-state index contributed by atoms with van der Waals surface area (Å²) in [4.78, 5) is 60.1. The van der Waals surface area contributed by atoms with Crippen molar-refractivity contribution in [3.8, 4) is 0 Å². The van der Waals surface area contributed by atoms with Gasteiger partial charge in [-0.1, -0.05) is 13.8 Å². The molecule has 0 aliphatic rings. The second kappa shape index (κ2) is 15.4. The van der Waals surface area contributed by atoms with Gasteiger partial charge in [-0.3, -0.25) is 19.2 Å². The zero-order valence-electron chi connectivity index (χ0n) is 18.4. The molecule has 0 aromatic carbocycles. The molecule has 0 aliphatic carbocycles. The number of carboxylic acids is 1. The van der Waals surface area contributed by atoms with Gasteiger partial charge in [-0.2, -0.15) is 12.6 Å². The number of aliphatic hydroxyl groups excluding tert-OH is 3. The number of aliphatic hydroxyl groups is 3. The summed E-state index contributed by atoms with van der Waals surface area (Å²) in [5, 5.41) is 45.7. The molecule has 10 N–H and O–H groups in total. The van der Waals surface area contributed by atoms with E-state index in [9.17, 15) is 39.3 Å². The summed E-state index contributed by atoms with van der Waals surface area (Å²) < 4.78 is 0. The minimum Gasteiger partial charge on any atom is -0.480 e. The van der Waals surface area contributed by atoms with Gasteiger partial charge < -0.3 is 47.4 Å². The molecular formula is C18H33N5O9S. The van der Waals surface area contributed by atoms with Gasteiger partial charge in [0.1, 0.15) is 30.2 Å². The van der Waals surface area contributed by atoms with Crippen LogP contribution in [0.15, 0.2) is 0 Å². The Balaban J connectivity index is 5.14. The van der Waals surface area contributed by atoms with Crippen molar-refractivity contribution in [1.29, 1.82) is 0 Å². The van der Waals surface area contributed by atoms with Crippen molar-refractivity contribution < 1.29 is 44.4 Å². The summed E-state index contributed by atoms with van der Waals surface area (Å²) in [6, 6.07) is -6.92. The summed E-state index contributed by atoms with van der Waals surface area (Å²) in [7, 11) is 0. The van der Waals surface area contributed by atoms with Crippen LogP contribution in [0.25, 0.3) is 0 Å². The van der Waals surface area contributed by atoms with Crippen LogP contribution >= 0.6 is 12.6 Å².